The van der Waals surface area contributed by atoms with Crippen LogP contribution >= 0.6 is 0 Å². The van der Waals surface area contributed by atoms with Gasteiger partial charge in [0.1, 0.15) is 0 Å². The predicted octanol–water partition coefficient (Wildman–Crippen LogP) is 2.51. The summed E-state index contributed by atoms with van der Waals surface area (Å²) in [5, 5.41) is 12.3. The molecule has 0 radical (unpaired) electrons. The van der Waals surface area contributed by atoms with Crippen LogP contribution in [0.5, 0.6) is 0 Å². The number of carboxylic acids is 1. The van der Waals surface area contributed by atoms with Crippen molar-refractivity contribution in [2.45, 2.75) is 46.5 Å². The molecule has 0 saturated heterocycles. The second-order valence-corrected chi connectivity index (χ2v) is 5.84. The minimum atomic E-state index is -0.725. The molecule has 16 heavy (non-hydrogen) atoms. The standard InChI is InChI=1S/C13H25NO2/c1-10-6-4-5-7-11(10)8-14-9-13(2,3)12(15)16/h10-11,14H,4-9H2,1-3H3,(H,15,16). The van der Waals surface area contributed by atoms with Crippen molar-refractivity contribution in [2.24, 2.45) is 17.3 Å². The van der Waals surface area contributed by atoms with E-state index in [4.69, 9.17) is 5.11 Å². The van der Waals surface area contributed by atoms with Crippen LogP contribution in [0.1, 0.15) is 46.5 Å². The Balaban J connectivity index is 2.26. The third-order valence-corrected chi connectivity index (χ3v) is 3.84. The Hall–Kier alpha value is -0.570. The molecule has 0 spiro atoms. The molecule has 2 unspecified atom stereocenters. The van der Waals surface area contributed by atoms with E-state index in [2.05, 4.69) is 12.2 Å². The fourth-order valence-electron chi connectivity index (χ4n) is 2.34. The van der Waals surface area contributed by atoms with Crippen LogP contribution in [-0.2, 0) is 4.79 Å². The number of nitrogens with one attached hydrogen (secondary N) is 1. The molecule has 0 aromatic carbocycles. The lowest BCUT2D eigenvalue weighted by Crippen LogP contribution is -2.39. The summed E-state index contributed by atoms with van der Waals surface area (Å²) in [5.41, 5.74) is -0.655. The summed E-state index contributed by atoms with van der Waals surface area (Å²) >= 11 is 0. The van der Waals surface area contributed by atoms with Gasteiger partial charge < -0.3 is 10.4 Å². The number of carboxylic acid groups (broad SMARTS) is 1. The lowest BCUT2D eigenvalue weighted by Gasteiger charge is -2.30. The lowest BCUT2D eigenvalue weighted by atomic mass is 9.80. The first-order valence-electron chi connectivity index (χ1n) is 6.37. The van der Waals surface area contributed by atoms with Crippen LogP contribution in [-0.4, -0.2) is 24.2 Å². The zero-order valence-electron chi connectivity index (χ0n) is 10.8. The highest BCUT2D eigenvalue weighted by molar-refractivity contribution is 5.73. The summed E-state index contributed by atoms with van der Waals surface area (Å²) in [6.45, 7) is 7.39. The van der Waals surface area contributed by atoms with Crippen molar-refractivity contribution in [3.63, 3.8) is 0 Å². The Kier molecular flexibility index (Phi) is 4.78. The van der Waals surface area contributed by atoms with Gasteiger partial charge in [-0.15, -0.1) is 0 Å². The molecular weight excluding hydrogens is 202 g/mol. The molecule has 1 aliphatic carbocycles. The van der Waals surface area contributed by atoms with Crippen LogP contribution in [0.4, 0.5) is 0 Å². The highest BCUT2D eigenvalue weighted by atomic mass is 16.4. The number of aliphatic carboxylic acids is 1. The second-order valence-electron chi connectivity index (χ2n) is 5.84. The van der Waals surface area contributed by atoms with E-state index in [1.54, 1.807) is 13.8 Å². The normalized spacial score (nSPS) is 26.7. The van der Waals surface area contributed by atoms with Gasteiger partial charge in [0.25, 0.3) is 0 Å². The molecular formula is C13H25NO2. The Bertz CT molecular complexity index is 238. The smallest absolute Gasteiger partial charge is 0.310 e. The van der Waals surface area contributed by atoms with Gasteiger partial charge in [-0.25, -0.2) is 0 Å². The lowest BCUT2D eigenvalue weighted by molar-refractivity contribution is -0.146. The third kappa shape index (κ3) is 3.78. The molecule has 3 heteroatoms. The van der Waals surface area contributed by atoms with Crippen molar-refractivity contribution in [2.75, 3.05) is 13.1 Å². The maximum Gasteiger partial charge on any atom is 0.310 e. The van der Waals surface area contributed by atoms with Crippen molar-refractivity contribution in [3.05, 3.63) is 0 Å². The molecule has 2 atom stereocenters. The summed E-state index contributed by atoms with van der Waals surface area (Å²) in [4.78, 5) is 10.9. The minimum Gasteiger partial charge on any atom is -0.481 e. The van der Waals surface area contributed by atoms with Gasteiger partial charge in [-0.05, 0) is 38.6 Å². The van der Waals surface area contributed by atoms with E-state index >= 15 is 0 Å². The maximum atomic E-state index is 10.9. The topological polar surface area (TPSA) is 49.3 Å². The molecule has 1 saturated carbocycles. The molecule has 0 amide bonds. The van der Waals surface area contributed by atoms with Crippen LogP contribution < -0.4 is 5.32 Å². The highest BCUT2D eigenvalue weighted by Crippen LogP contribution is 2.29. The van der Waals surface area contributed by atoms with Crippen LogP contribution in [0.25, 0.3) is 0 Å². The van der Waals surface area contributed by atoms with E-state index in [-0.39, 0.29) is 0 Å². The Morgan fingerprint density at radius 2 is 2.00 bits per heavy atom. The molecule has 0 aromatic heterocycles. The zero-order valence-corrected chi connectivity index (χ0v) is 10.8. The van der Waals surface area contributed by atoms with Crippen molar-refractivity contribution in [3.8, 4) is 0 Å². The van der Waals surface area contributed by atoms with Gasteiger partial charge in [0, 0.05) is 6.54 Å². The molecule has 1 fully saturated rings. The number of carbonyl (C=O) groups is 1. The van der Waals surface area contributed by atoms with E-state index in [1.807, 2.05) is 0 Å². The summed E-state index contributed by atoms with van der Waals surface area (Å²) in [6.07, 6.45) is 5.31. The van der Waals surface area contributed by atoms with Crippen LogP contribution in [0, 0.1) is 17.3 Å². The van der Waals surface area contributed by atoms with Gasteiger partial charge in [-0.1, -0.05) is 26.2 Å². The summed E-state index contributed by atoms with van der Waals surface area (Å²) < 4.78 is 0. The first kappa shape index (κ1) is 13.5. The van der Waals surface area contributed by atoms with Gasteiger partial charge in [-0.3, -0.25) is 4.79 Å². The molecule has 1 rings (SSSR count). The van der Waals surface area contributed by atoms with E-state index in [9.17, 15) is 4.79 Å². The third-order valence-electron chi connectivity index (χ3n) is 3.84. The number of hydrogen-bond donors (Lipinski definition) is 2. The van der Waals surface area contributed by atoms with Gasteiger partial charge in [0.15, 0.2) is 0 Å². The Labute approximate surface area is 98.6 Å². The highest BCUT2D eigenvalue weighted by Gasteiger charge is 2.27. The molecule has 3 nitrogen and oxygen atoms in total. The van der Waals surface area contributed by atoms with Crippen LogP contribution in [0.15, 0.2) is 0 Å². The van der Waals surface area contributed by atoms with Gasteiger partial charge in [0.2, 0.25) is 0 Å². The van der Waals surface area contributed by atoms with Gasteiger partial charge >= 0.3 is 5.97 Å². The summed E-state index contributed by atoms with van der Waals surface area (Å²) in [7, 11) is 0. The van der Waals surface area contributed by atoms with Crippen molar-refractivity contribution in [1.29, 1.82) is 0 Å². The molecule has 0 heterocycles. The average molecular weight is 227 g/mol. The fourth-order valence-corrected chi connectivity index (χ4v) is 2.34. The summed E-state index contributed by atoms with van der Waals surface area (Å²) in [6, 6.07) is 0. The quantitative estimate of drug-likeness (QED) is 0.758. The molecule has 94 valence electrons. The van der Waals surface area contributed by atoms with Crippen LogP contribution in [0.3, 0.4) is 0 Å². The average Bonchev–Trinajstić information content (AvgIpc) is 2.20. The Morgan fingerprint density at radius 1 is 1.38 bits per heavy atom. The molecule has 2 N–H and O–H groups in total. The van der Waals surface area contributed by atoms with E-state index in [0.717, 1.165) is 18.4 Å². The first-order chi connectivity index (χ1) is 7.43. The van der Waals surface area contributed by atoms with Crippen molar-refractivity contribution in [1.82, 2.24) is 5.32 Å². The van der Waals surface area contributed by atoms with Crippen LogP contribution in [0.2, 0.25) is 0 Å². The Morgan fingerprint density at radius 3 is 2.56 bits per heavy atom. The van der Waals surface area contributed by atoms with Crippen molar-refractivity contribution < 1.29 is 9.90 Å². The SMILES string of the molecule is CC1CCCCC1CNCC(C)(C)C(=O)O. The predicted molar refractivity (Wildman–Crippen MR) is 65.4 cm³/mol. The molecule has 0 aliphatic heterocycles. The van der Waals surface area contributed by atoms with E-state index in [0.29, 0.717) is 6.54 Å². The molecule has 0 aromatic rings. The largest absolute Gasteiger partial charge is 0.481 e. The zero-order chi connectivity index (χ0) is 12.2. The maximum absolute atomic E-state index is 10.9. The van der Waals surface area contributed by atoms with Crippen molar-refractivity contribution >= 4 is 5.97 Å². The van der Waals surface area contributed by atoms with E-state index in [1.165, 1.54) is 25.7 Å². The fraction of sp³-hybridized carbons (Fsp3) is 0.923. The van der Waals surface area contributed by atoms with E-state index < -0.39 is 11.4 Å². The van der Waals surface area contributed by atoms with Gasteiger partial charge in [-0.2, -0.15) is 0 Å². The minimum absolute atomic E-state index is 0.561. The number of rotatable bonds is 5. The van der Waals surface area contributed by atoms with Gasteiger partial charge in [0.05, 0.1) is 5.41 Å². The molecule has 0 bridgehead atoms. The second kappa shape index (κ2) is 5.67. The monoisotopic (exact) mass is 227 g/mol. The number of hydrogen-bond acceptors (Lipinski definition) is 2. The summed E-state index contributed by atoms with van der Waals surface area (Å²) in [5.74, 6) is 0.796. The first-order valence-corrected chi connectivity index (χ1v) is 6.37. The molecule has 1 aliphatic rings.